The van der Waals surface area contributed by atoms with Crippen LogP contribution in [-0.2, 0) is 19.0 Å². The molecule has 0 spiro atoms. The van der Waals surface area contributed by atoms with Crippen LogP contribution < -0.4 is 0 Å². The van der Waals surface area contributed by atoms with Crippen molar-refractivity contribution in [2.45, 2.75) is 39.0 Å². The van der Waals surface area contributed by atoms with Gasteiger partial charge in [-0.05, 0) is 32.4 Å². The third-order valence-electron chi connectivity index (χ3n) is 1.70. The van der Waals surface area contributed by atoms with Gasteiger partial charge < -0.3 is 14.2 Å². The summed E-state index contributed by atoms with van der Waals surface area (Å²) in [6, 6.07) is 0. The minimum atomic E-state index is -0.621. The molecule has 17 heavy (non-hydrogen) atoms. The van der Waals surface area contributed by atoms with Gasteiger partial charge in [-0.3, -0.25) is 4.79 Å². The van der Waals surface area contributed by atoms with Crippen LogP contribution in [0, 0.1) is 0 Å². The summed E-state index contributed by atoms with van der Waals surface area (Å²) in [5.41, 5.74) is -0.559. The van der Waals surface area contributed by atoms with Crippen molar-refractivity contribution in [3.05, 3.63) is 11.8 Å². The normalized spacial score (nSPS) is 15.5. The monoisotopic (exact) mass is 284 g/mol. The molecule has 0 aliphatic heterocycles. The number of alkyl halides is 1. The number of ether oxygens (including phenoxy) is 3. The summed E-state index contributed by atoms with van der Waals surface area (Å²) < 4.78 is 15.7. The van der Waals surface area contributed by atoms with E-state index in [-0.39, 0.29) is 6.42 Å². The van der Waals surface area contributed by atoms with Crippen molar-refractivity contribution in [2.75, 3.05) is 13.2 Å². The number of halogens is 2. The summed E-state index contributed by atoms with van der Waals surface area (Å²) in [6.07, 6.45) is 0.962. The van der Waals surface area contributed by atoms with Gasteiger partial charge in [-0.15, -0.1) is 0 Å². The Kier molecular flexibility index (Phi) is 9.55. The van der Waals surface area contributed by atoms with E-state index < -0.39 is 17.1 Å². The standard InChI is InChI=1S/C11H18Cl2O4/c1-4-15-8(3)17-9(6-10(12)14)7-11(13)16-5-2/h6,8,11H,4-5,7H2,1-3H3. The second-order valence-electron chi connectivity index (χ2n) is 3.13. The molecule has 0 amide bonds. The van der Waals surface area contributed by atoms with Crippen molar-refractivity contribution in [1.82, 2.24) is 0 Å². The van der Waals surface area contributed by atoms with E-state index in [1.807, 2.05) is 13.8 Å². The molecule has 0 rings (SSSR count). The molecule has 0 fully saturated rings. The van der Waals surface area contributed by atoms with Gasteiger partial charge in [0.1, 0.15) is 11.3 Å². The SMILES string of the molecule is CCOC(Cl)CC(=CC(=O)Cl)OC(C)OCC. The highest BCUT2D eigenvalue weighted by molar-refractivity contribution is 6.66. The van der Waals surface area contributed by atoms with Crippen molar-refractivity contribution < 1.29 is 19.0 Å². The first kappa shape index (κ1) is 16.7. The molecule has 4 nitrogen and oxygen atoms in total. The Morgan fingerprint density at radius 2 is 1.88 bits per heavy atom. The minimum Gasteiger partial charge on any atom is -0.469 e. The zero-order valence-electron chi connectivity index (χ0n) is 10.2. The highest BCUT2D eigenvalue weighted by atomic mass is 35.5. The molecule has 0 aromatic carbocycles. The Bertz CT molecular complexity index is 240. The molecule has 2 unspecified atom stereocenters. The lowest BCUT2D eigenvalue weighted by Gasteiger charge is -2.18. The van der Waals surface area contributed by atoms with E-state index in [9.17, 15) is 4.79 Å². The smallest absolute Gasteiger partial charge is 0.248 e. The Morgan fingerprint density at radius 3 is 2.35 bits per heavy atom. The van der Waals surface area contributed by atoms with Crippen LogP contribution in [0.4, 0.5) is 0 Å². The Morgan fingerprint density at radius 1 is 1.29 bits per heavy atom. The van der Waals surface area contributed by atoms with Gasteiger partial charge in [-0.2, -0.15) is 0 Å². The summed E-state index contributed by atoms with van der Waals surface area (Å²) in [4.78, 5) is 10.8. The van der Waals surface area contributed by atoms with Crippen LogP contribution in [0.3, 0.4) is 0 Å². The topological polar surface area (TPSA) is 44.8 Å². The second-order valence-corrected chi connectivity index (χ2v) is 3.98. The summed E-state index contributed by atoms with van der Waals surface area (Å²) in [5.74, 6) is 0.347. The van der Waals surface area contributed by atoms with Crippen molar-refractivity contribution in [3.63, 3.8) is 0 Å². The lowest BCUT2D eigenvalue weighted by Crippen LogP contribution is -2.16. The van der Waals surface area contributed by atoms with Gasteiger partial charge in [-0.1, -0.05) is 11.6 Å². The quantitative estimate of drug-likeness (QED) is 0.215. The minimum absolute atomic E-state index is 0.255. The number of allylic oxidation sites excluding steroid dienone is 1. The maximum absolute atomic E-state index is 10.8. The Balaban J connectivity index is 4.39. The van der Waals surface area contributed by atoms with Crippen molar-refractivity contribution in [2.24, 2.45) is 0 Å². The van der Waals surface area contributed by atoms with Crippen LogP contribution in [0.15, 0.2) is 11.8 Å². The first-order valence-electron chi connectivity index (χ1n) is 5.43. The fraction of sp³-hybridized carbons (Fsp3) is 0.727. The van der Waals surface area contributed by atoms with E-state index in [1.54, 1.807) is 6.92 Å². The predicted molar refractivity (Wildman–Crippen MR) is 67.0 cm³/mol. The van der Waals surface area contributed by atoms with Gasteiger partial charge in [-0.25, -0.2) is 0 Å². The highest BCUT2D eigenvalue weighted by Crippen LogP contribution is 2.16. The van der Waals surface area contributed by atoms with Gasteiger partial charge in [0.05, 0.1) is 0 Å². The molecule has 0 N–H and O–H groups in total. The molecule has 0 bridgehead atoms. The van der Waals surface area contributed by atoms with Gasteiger partial charge >= 0.3 is 0 Å². The fourth-order valence-electron chi connectivity index (χ4n) is 1.15. The van der Waals surface area contributed by atoms with Crippen LogP contribution in [0.25, 0.3) is 0 Å². The molecule has 0 aliphatic rings. The molecule has 0 aromatic rings. The van der Waals surface area contributed by atoms with Crippen molar-refractivity contribution in [3.8, 4) is 0 Å². The lowest BCUT2D eigenvalue weighted by atomic mass is 10.3. The predicted octanol–water partition coefficient (Wildman–Crippen LogP) is 3.03. The average molecular weight is 285 g/mol. The molecule has 6 heteroatoms. The fourth-order valence-corrected chi connectivity index (χ4v) is 1.55. The number of hydrogen-bond donors (Lipinski definition) is 0. The van der Waals surface area contributed by atoms with Crippen LogP contribution >= 0.6 is 23.2 Å². The Hall–Kier alpha value is -0.290. The zero-order valence-corrected chi connectivity index (χ0v) is 11.8. The molecule has 0 aromatic heterocycles. The summed E-state index contributed by atoms with van der Waals surface area (Å²) in [6.45, 7) is 6.39. The summed E-state index contributed by atoms with van der Waals surface area (Å²) in [7, 11) is 0. The number of rotatable bonds is 9. The first-order valence-corrected chi connectivity index (χ1v) is 6.25. The molecule has 0 aliphatic carbocycles. The van der Waals surface area contributed by atoms with E-state index >= 15 is 0 Å². The van der Waals surface area contributed by atoms with E-state index in [1.165, 1.54) is 6.08 Å². The number of carbonyl (C=O) groups is 1. The van der Waals surface area contributed by atoms with Crippen molar-refractivity contribution >= 4 is 28.4 Å². The zero-order chi connectivity index (χ0) is 13.3. The maximum Gasteiger partial charge on any atom is 0.248 e. The molecule has 0 heterocycles. The van der Waals surface area contributed by atoms with E-state index in [0.29, 0.717) is 19.0 Å². The molecule has 0 saturated carbocycles. The van der Waals surface area contributed by atoms with Crippen LogP contribution in [0.2, 0.25) is 0 Å². The van der Waals surface area contributed by atoms with Gasteiger partial charge in [0.15, 0.2) is 6.29 Å². The third-order valence-corrected chi connectivity index (χ3v) is 2.09. The molecule has 100 valence electrons. The van der Waals surface area contributed by atoms with Crippen LogP contribution in [-0.4, -0.2) is 30.3 Å². The Labute approximate surface area is 112 Å². The van der Waals surface area contributed by atoms with E-state index in [0.717, 1.165) is 0 Å². The summed E-state index contributed by atoms with van der Waals surface area (Å²) in [5, 5.41) is -0.621. The van der Waals surface area contributed by atoms with Crippen molar-refractivity contribution in [1.29, 1.82) is 0 Å². The molecule has 2 atom stereocenters. The van der Waals surface area contributed by atoms with Crippen LogP contribution in [0.5, 0.6) is 0 Å². The molecular formula is C11H18Cl2O4. The first-order chi connectivity index (χ1) is 7.99. The number of carbonyl (C=O) groups excluding carboxylic acids is 1. The number of hydrogen-bond acceptors (Lipinski definition) is 4. The average Bonchev–Trinajstić information content (AvgIpc) is 2.16. The van der Waals surface area contributed by atoms with Gasteiger partial charge in [0, 0.05) is 25.7 Å². The molecule has 0 radical (unpaired) electrons. The largest absolute Gasteiger partial charge is 0.469 e. The lowest BCUT2D eigenvalue weighted by molar-refractivity contribution is -0.110. The maximum atomic E-state index is 10.8. The summed E-state index contributed by atoms with van der Waals surface area (Å²) >= 11 is 11.2. The van der Waals surface area contributed by atoms with Gasteiger partial charge in [0.2, 0.25) is 5.24 Å². The van der Waals surface area contributed by atoms with E-state index in [4.69, 9.17) is 37.4 Å². The third kappa shape index (κ3) is 9.41. The molecular weight excluding hydrogens is 267 g/mol. The highest BCUT2D eigenvalue weighted by Gasteiger charge is 2.13. The van der Waals surface area contributed by atoms with E-state index in [2.05, 4.69) is 0 Å². The molecule has 0 saturated heterocycles. The van der Waals surface area contributed by atoms with Crippen LogP contribution in [0.1, 0.15) is 27.2 Å². The van der Waals surface area contributed by atoms with Gasteiger partial charge in [0.25, 0.3) is 0 Å². The second kappa shape index (κ2) is 9.71.